The number of H-pyrrole nitrogens is 1. The van der Waals surface area contributed by atoms with Crippen molar-refractivity contribution in [3.05, 3.63) is 53.0 Å². The van der Waals surface area contributed by atoms with Gasteiger partial charge in [0, 0.05) is 30.4 Å². The molecule has 1 saturated heterocycles. The number of hydrogen-bond donors (Lipinski definition) is 1. The Labute approximate surface area is 165 Å². The molecule has 0 saturated carbocycles. The molecule has 146 valence electrons. The first-order chi connectivity index (χ1) is 13.6. The topological polar surface area (TPSA) is 53.9 Å². The molecule has 2 atom stereocenters. The maximum atomic E-state index is 13.4. The second kappa shape index (κ2) is 6.80. The minimum atomic E-state index is 0.144. The number of likely N-dealkylation sites (tertiary alicyclic amines) is 1. The third-order valence-electron chi connectivity index (χ3n) is 6.49. The van der Waals surface area contributed by atoms with Gasteiger partial charge < -0.3 is 9.88 Å². The van der Waals surface area contributed by atoms with Gasteiger partial charge in [0.25, 0.3) is 5.91 Å². The number of carbonyl (C=O) groups excluding carboxylic acids is 1. The Morgan fingerprint density at radius 3 is 3.00 bits per heavy atom. The molecule has 2 aromatic heterocycles. The summed E-state index contributed by atoms with van der Waals surface area (Å²) in [6.45, 7) is 5.93. The van der Waals surface area contributed by atoms with E-state index in [0.717, 1.165) is 49.9 Å². The normalized spacial score (nSPS) is 22.4. The average molecular weight is 377 g/mol. The second-order valence-electron chi connectivity index (χ2n) is 8.70. The van der Waals surface area contributed by atoms with E-state index in [1.54, 1.807) is 0 Å². The monoisotopic (exact) mass is 376 g/mol. The lowest BCUT2D eigenvalue weighted by molar-refractivity contribution is 0.0675. The SMILES string of the molecule is Cc1cnn(C2CCCN(C(=O)c3cccc4c5c([nH]c34)CCC(C)C5)C2)c1. The highest BCUT2D eigenvalue weighted by Gasteiger charge is 2.28. The lowest BCUT2D eigenvalue weighted by Crippen LogP contribution is -2.41. The molecule has 1 fully saturated rings. The van der Waals surface area contributed by atoms with Crippen LogP contribution in [0, 0.1) is 12.8 Å². The molecule has 5 rings (SSSR count). The number of carbonyl (C=O) groups is 1. The first-order valence-corrected chi connectivity index (χ1v) is 10.5. The van der Waals surface area contributed by atoms with Gasteiger partial charge in [0.05, 0.1) is 23.3 Å². The van der Waals surface area contributed by atoms with Gasteiger partial charge in [0.2, 0.25) is 0 Å². The van der Waals surface area contributed by atoms with Gasteiger partial charge in [-0.05, 0) is 62.1 Å². The Balaban J connectivity index is 1.46. The first-order valence-electron chi connectivity index (χ1n) is 10.5. The summed E-state index contributed by atoms with van der Waals surface area (Å²) in [7, 11) is 0. The number of hydrogen-bond acceptors (Lipinski definition) is 2. The van der Waals surface area contributed by atoms with Crippen LogP contribution in [0.25, 0.3) is 10.9 Å². The van der Waals surface area contributed by atoms with Crippen LogP contribution >= 0.6 is 0 Å². The number of para-hydroxylation sites is 1. The van der Waals surface area contributed by atoms with Crippen LogP contribution in [0.15, 0.2) is 30.6 Å². The quantitative estimate of drug-likeness (QED) is 0.726. The Morgan fingerprint density at radius 2 is 2.18 bits per heavy atom. The lowest BCUT2D eigenvalue weighted by atomic mass is 9.87. The van der Waals surface area contributed by atoms with Crippen molar-refractivity contribution >= 4 is 16.8 Å². The van der Waals surface area contributed by atoms with E-state index in [1.807, 2.05) is 27.9 Å². The van der Waals surface area contributed by atoms with Crippen LogP contribution in [0.5, 0.6) is 0 Å². The van der Waals surface area contributed by atoms with Crippen LogP contribution in [-0.2, 0) is 12.8 Å². The minimum Gasteiger partial charge on any atom is -0.358 e. The molecule has 0 spiro atoms. The van der Waals surface area contributed by atoms with Crippen molar-refractivity contribution < 1.29 is 4.79 Å². The van der Waals surface area contributed by atoms with Gasteiger partial charge in [-0.15, -0.1) is 0 Å². The summed E-state index contributed by atoms with van der Waals surface area (Å²) in [6.07, 6.45) is 9.49. The van der Waals surface area contributed by atoms with Gasteiger partial charge in [-0.3, -0.25) is 9.48 Å². The third kappa shape index (κ3) is 2.93. The molecule has 1 aliphatic heterocycles. The molecular weight excluding hydrogens is 348 g/mol. The van der Waals surface area contributed by atoms with Gasteiger partial charge in [-0.25, -0.2) is 0 Å². The van der Waals surface area contributed by atoms with Gasteiger partial charge in [-0.2, -0.15) is 5.10 Å². The molecule has 5 heteroatoms. The number of aromatic nitrogens is 3. The number of aryl methyl sites for hydroxylation is 2. The van der Waals surface area contributed by atoms with Gasteiger partial charge >= 0.3 is 0 Å². The predicted octanol–water partition coefficient (Wildman–Crippen LogP) is 4.27. The number of fused-ring (bicyclic) bond motifs is 3. The summed E-state index contributed by atoms with van der Waals surface area (Å²) in [6, 6.07) is 6.47. The molecule has 5 nitrogen and oxygen atoms in total. The summed E-state index contributed by atoms with van der Waals surface area (Å²) in [5.74, 6) is 0.858. The van der Waals surface area contributed by atoms with Crippen molar-refractivity contribution in [3.8, 4) is 0 Å². The number of aromatic amines is 1. The molecule has 3 aromatic rings. The summed E-state index contributed by atoms with van der Waals surface area (Å²) in [5.41, 5.74) is 5.77. The Bertz CT molecular complexity index is 1030. The summed E-state index contributed by atoms with van der Waals surface area (Å²) in [5, 5.41) is 5.72. The van der Waals surface area contributed by atoms with Crippen molar-refractivity contribution in [3.63, 3.8) is 0 Å². The molecular formula is C23H28N4O. The van der Waals surface area contributed by atoms with E-state index in [9.17, 15) is 4.79 Å². The number of nitrogens with one attached hydrogen (secondary N) is 1. The van der Waals surface area contributed by atoms with Crippen LogP contribution in [-0.4, -0.2) is 38.7 Å². The highest BCUT2D eigenvalue weighted by atomic mass is 16.2. The fourth-order valence-corrected chi connectivity index (χ4v) is 4.95. The van der Waals surface area contributed by atoms with Crippen molar-refractivity contribution in [1.29, 1.82) is 0 Å². The summed E-state index contributed by atoms with van der Waals surface area (Å²) < 4.78 is 2.03. The summed E-state index contributed by atoms with van der Waals surface area (Å²) in [4.78, 5) is 19.1. The highest BCUT2D eigenvalue weighted by molar-refractivity contribution is 6.06. The van der Waals surface area contributed by atoms with E-state index >= 15 is 0 Å². The van der Waals surface area contributed by atoms with E-state index in [-0.39, 0.29) is 11.9 Å². The largest absolute Gasteiger partial charge is 0.358 e. The maximum Gasteiger partial charge on any atom is 0.256 e. The summed E-state index contributed by atoms with van der Waals surface area (Å²) >= 11 is 0. The molecule has 0 radical (unpaired) electrons. The van der Waals surface area contributed by atoms with Gasteiger partial charge in [0.15, 0.2) is 0 Å². The highest BCUT2D eigenvalue weighted by Crippen LogP contribution is 2.34. The Morgan fingerprint density at radius 1 is 1.29 bits per heavy atom. The lowest BCUT2D eigenvalue weighted by Gasteiger charge is -2.33. The Kier molecular flexibility index (Phi) is 4.26. The molecule has 1 aliphatic carbocycles. The van der Waals surface area contributed by atoms with Crippen molar-refractivity contribution in [2.75, 3.05) is 13.1 Å². The molecule has 1 amide bonds. The van der Waals surface area contributed by atoms with E-state index in [0.29, 0.717) is 5.92 Å². The van der Waals surface area contributed by atoms with E-state index in [4.69, 9.17) is 0 Å². The average Bonchev–Trinajstić information content (AvgIpc) is 3.31. The van der Waals surface area contributed by atoms with E-state index < -0.39 is 0 Å². The zero-order chi connectivity index (χ0) is 19.3. The van der Waals surface area contributed by atoms with Crippen LogP contribution in [0.3, 0.4) is 0 Å². The van der Waals surface area contributed by atoms with E-state index in [2.05, 4.69) is 36.2 Å². The fourth-order valence-electron chi connectivity index (χ4n) is 4.95. The maximum absolute atomic E-state index is 13.4. The standard InChI is InChI=1S/C23H28N4O/c1-15-8-9-21-20(11-15)18-6-3-7-19(22(18)25-21)23(28)26-10-4-5-17(14-26)27-13-16(2)12-24-27/h3,6-7,12-13,15,17,25H,4-5,8-11,14H2,1-2H3. The molecule has 0 bridgehead atoms. The van der Waals surface area contributed by atoms with Crippen molar-refractivity contribution in [1.82, 2.24) is 19.7 Å². The van der Waals surface area contributed by atoms with Crippen LogP contribution in [0.2, 0.25) is 0 Å². The zero-order valence-corrected chi connectivity index (χ0v) is 16.7. The van der Waals surface area contributed by atoms with Gasteiger partial charge in [0.1, 0.15) is 0 Å². The zero-order valence-electron chi connectivity index (χ0n) is 16.7. The number of piperidine rings is 1. The van der Waals surface area contributed by atoms with Crippen LogP contribution < -0.4 is 0 Å². The Hall–Kier alpha value is -2.56. The van der Waals surface area contributed by atoms with Gasteiger partial charge in [-0.1, -0.05) is 19.1 Å². The predicted molar refractivity (Wildman–Crippen MR) is 111 cm³/mol. The molecule has 2 aliphatic rings. The molecule has 1 N–H and O–H groups in total. The molecule has 1 aromatic carbocycles. The third-order valence-corrected chi connectivity index (χ3v) is 6.49. The van der Waals surface area contributed by atoms with Crippen LogP contribution in [0.1, 0.15) is 59.4 Å². The number of benzene rings is 1. The second-order valence-corrected chi connectivity index (χ2v) is 8.70. The smallest absolute Gasteiger partial charge is 0.256 e. The number of rotatable bonds is 2. The number of nitrogens with zero attached hydrogens (tertiary/aromatic N) is 3. The number of amides is 1. The van der Waals surface area contributed by atoms with Crippen molar-refractivity contribution in [2.45, 2.75) is 52.0 Å². The fraction of sp³-hybridized carbons (Fsp3) is 0.478. The van der Waals surface area contributed by atoms with Crippen LogP contribution in [0.4, 0.5) is 0 Å². The first kappa shape index (κ1) is 17.5. The molecule has 2 unspecified atom stereocenters. The van der Waals surface area contributed by atoms with Crippen molar-refractivity contribution in [2.24, 2.45) is 5.92 Å². The van der Waals surface area contributed by atoms with E-state index in [1.165, 1.54) is 28.6 Å². The molecule has 28 heavy (non-hydrogen) atoms. The minimum absolute atomic E-state index is 0.144. The molecule has 3 heterocycles.